The molecule has 2 N–H and O–H groups in total. The standard InChI is InChI=1S/C48H55ClNO12P/c1-27(2)12-11-19-46(8)20-18-31-40(59-46)30(16-15-28(3)4)41-36(42(31)61-63(54,55)56)39(51)37-38(50-22-24-57-25-23-50)32-26-35-45(6,7)62-47(43(32)52,48(35,37)60-41)21-17-29(5)44(53)58-34-14-10-9-13-33(34)49/h9-10,12-15,17-18,20,32,35H,11,16,19,21-26H2,1-8H3,(H2,54,55,56). The van der Waals surface area contributed by atoms with Crippen molar-refractivity contribution in [3.63, 3.8) is 0 Å². The second-order valence-corrected chi connectivity index (χ2v) is 20.1. The van der Waals surface area contributed by atoms with Crippen molar-refractivity contribution >= 4 is 43.0 Å². The Hall–Kier alpha value is -4.49. The molecule has 3 fully saturated rings. The Morgan fingerprint density at radius 2 is 1.68 bits per heavy atom. The summed E-state index contributed by atoms with van der Waals surface area (Å²) in [6, 6.07) is 6.59. The highest BCUT2D eigenvalue weighted by Gasteiger charge is 2.83. The number of hydrogen-bond donors (Lipinski definition) is 2. The van der Waals surface area contributed by atoms with E-state index in [0.717, 1.165) is 11.1 Å². The molecule has 13 nitrogen and oxygen atoms in total. The number of carbonyl (C=O) groups is 3. The molecule has 0 radical (unpaired) electrons. The van der Waals surface area contributed by atoms with Gasteiger partial charge >= 0.3 is 13.8 Å². The third-order valence-electron chi connectivity index (χ3n) is 13.2. The van der Waals surface area contributed by atoms with Gasteiger partial charge in [-0.1, -0.05) is 53.1 Å². The van der Waals surface area contributed by atoms with Crippen LogP contribution in [0.2, 0.25) is 5.02 Å². The number of nitrogens with zero attached hydrogens (tertiary/aromatic N) is 1. The lowest BCUT2D eigenvalue weighted by Crippen LogP contribution is -2.74. The zero-order valence-corrected chi connectivity index (χ0v) is 38.6. The van der Waals surface area contributed by atoms with Gasteiger partial charge in [-0.05, 0) is 105 Å². The Kier molecular flexibility index (Phi) is 11.6. The molecule has 2 aromatic rings. The summed E-state index contributed by atoms with van der Waals surface area (Å²) in [4.78, 5) is 68.2. The summed E-state index contributed by atoms with van der Waals surface area (Å²) in [7, 11) is -5.32. The van der Waals surface area contributed by atoms with Crippen LogP contribution in [-0.2, 0) is 30.0 Å². The van der Waals surface area contributed by atoms with E-state index in [1.165, 1.54) is 0 Å². The van der Waals surface area contributed by atoms with Gasteiger partial charge in [-0.2, -0.15) is 0 Å². The van der Waals surface area contributed by atoms with Crippen molar-refractivity contribution < 1.29 is 56.9 Å². The van der Waals surface area contributed by atoms with Crippen LogP contribution >= 0.6 is 19.4 Å². The van der Waals surface area contributed by atoms with Crippen molar-refractivity contribution in [3.8, 4) is 23.0 Å². The first-order valence-electron chi connectivity index (χ1n) is 21.4. The van der Waals surface area contributed by atoms with Gasteiger partial charge < -0.3 is 33.1 Å². The van der Waals surface area contributed by atoms with Gasteiger partial charge in [-0.25, -0.2) is 9.36 Å². The monoisotopic (exact) mass is 903 g/mol. The Balaban J connectivity index is 1.39. The fourth-order valence-electron chi connectivity index (χ4n) is 10.3. The predicted octanol–water partition coefficient (Wildman–Crippen LogP) is 8.84. The van der Waals surface area contributed by atoms with E-state index in [1.807, 2.05) is 65.5 Å². The molecule has 15 heteroatoms. The van der Waals surface area contributed by atoms with E-state index in [2.05, 4.69) is 6.08 Å². The zero-order valence-electron chi connectivity index (χ0n) is 37.0. The van der Waals surface area contributed by atoms with Gasteiger partial charge in [-0.15, -0.1) is 0 Å². The van der Waals surface area contributed by atoms with Crippen LogP contribution in [0.15, 0.2) is 76.6 Å². The maximum absolute atomic E-state index is 16.1. The van der Waals surface area contributed by atoms with Crippen molar-refractivity contribution in [1.82, 2.24) is 4.90 Å². The minimum Gasteiger partial charge on any atom is -0.482 e. The molecule has 9 rings (SSSR count). The van der Waals surface area contributed by atoms with Crippen molar-refractivity contribution in [2.75, 3.05) is 26.3 Å². The van der Waals surface area contributed by atoms with E-state index >= 15 is 9.59 Å². The molecule has 4 heterocycles. The molecule has 336 valence electrons. The highest BCUT2D eigenvalue weighted by atomic mass is 35.5. The number of benzene rings is 2. The molecule has 5 unspecified atom stereocenters. The second-order valence-electron chi connectivity index (χ2n) is 18.6. The third-order valence-corrected chi connectivity index (χ3v) is 13.9. The number of halogens is 1. The van der Waals surface area contributed by atoms with Gasteiger partial charge in [-0.3, -0.25) is 19.4 Å². The fraction of sp³-hybridized carbons (Fsp3) is 0.479. The molecule has 63 heavy (non-hydrogen) atoms. The summed E-state index contributed by atoms with van der Waals surface area (Å²) in [6.45, 7) is 16.6. The van der Waals surface area contributed by atoms with E-state index in [0.29, 0.717) is 56.8 Å². The average Bonchev–Trinajstić information content (AvgIpc) is 3.35. The number of ketones is 2. The summed E-state index contributed by atoms with van der Waals surface area (Å²) in [5.74, 6) is -2.95. The number of para-hydroxylation sites is 1. The molecule has 5 atom stereocenters. The Morgan fingerprint density at radius 3 is 2.35 bits per heavy atom. The molecular formula is C48H55ClNO12P. The van der Waals surface area contributed by atoms with Crippen LogP contribution in [-0.4, -0.2) is 80.9 Å². The van der Waals surface area contributed by atoms with E-state index in [4.69, 9.17) is 39.8 Å². The molecule has 2 saturated heterocycles. The van der Waals surface area contributed by atoms with E-state index in [9.17, 15) is 19.1 Å². The number of phosphoric ester groups is 1. The van der Waals surface area contributed by atoms with Crippen molar-refractivity contribution in [3.05, 3.63) is 98.3 Å². The molecule has 3 aliphatic carbocycles. The zero-order chi connectivity index (χ0) is 45.4. The summed E-state index contributed by atoms with van der Waals surface area (Å²) in [5, 5.41) is 0.249. The molecular weight excluding hydrogens is 849 g/mol. The highest BCUT2D eigenvalue weighted by Crippen LogP contribution is 2.71. The normalized spacial score (nSPS) is 27.8. The van der Waals surface area contributed by atoms with Crippen molar-refractivity contribution in [2.45, 2.75) is 110 Å². The smallest absolute Gasteiger partial charge is 0.482 e. The number of carbonyl (C=O) groups excluding carboxylic acids is 3. The maximum Gasteiger partial charge on any atom is 0.524 e. The Labute approximate surface area is 373 Å². The lowest BCUT2D eigenvalue weighted by molar-refractivity contribution is -0.174. The minimum atomic E-state index is -5.32. The van der Waals surface area contributed by atoms with Gasteiger partial charge in [0.1, 0.15) is 28.4 Å². The second kappa shape index (κ2) is 16.2. The van der Waals surface area contributed by atoms with Crippen LogP contribution < -0.4 is 18.7 Å². The molecule has 1 spiro atoms. The van der Waals surface area contributed by atoms with Crippen LogP contribution in [0.1, 0.15) is 103 Å². The fourth-order valence-corrected chi connectivity index (χ4v) is 11.0. The SMILES string of the molecule is CC(C)=CCCC1(C)C=Cc2c(c(CC=C(C)C)c3c(c2OP(=O)(O)O)C(=O)C2=C(N4CCOCC4)C4CC5C(C)(C)OC(CC=C(C)C(=O)Oc6ccccc6Cl)(C4=O)C25O3)O1. The first kappa shape index (κ1) is 45.1. The summed E-state index contributed by atoms with van der Waals surface area (Å²) < 4.78 is 51.4. The maximum atomic E-state index is 16.1. The van der Waals surface area contributed by atoms with E-state index in [1.54, 1.807) is 43.3 Å². The van der Waals surface area contributed by atoms with Gasteiger partial charge in [0.05, 0.1) is 40.9 Å². The molecule has 0 amide bonds. The van der Waals surface area contributed by atoms with Crippen molar-refractivity contribution in [2.24, 2.45) is 11.8 Å². The Morgan fingerprint density at radius 1 is 0.984 bits per heavy atom. The minimum absolute atomic E-state index is 0.00520. The topological polar surface area (TPSA) is 167 Å². The predicted molar refractivity (Wildman–Crippen MR) is 236 cm³/mol. The third kappa shape index (κ3) is 7.62. The summed E-state index contributed by atoms with van der Waals surface area (Å²) in [6.07, 6.45) is 10.8. The first-order chi connectivity index (χ1) is 29.6. The number of hydrogen-bond acceptors (Lipinski definition) is 11. The number of esters is 1. The molecule has 4 bridgehead atoms. The number of allylic oxidation sites excluding steroid dienone is 5. The van der Waals surface area contributed by atoms with E-state index in [-0.39, 0.29) is 68.9 Å². The molecule has 4 aliphatic heterocycles. The Bertz CT molecular complexity index is 2500. The van der Waals surface area contributed by atoms with Gasteiger partial charge in [0.15, 0.2) is 22.7 Å². The van der Waals surface area contributed by atoms with Gasteiger partial charge in [0, 0.05) is 42.3 Å². The van der Waals surface area contributed by atoms with Crippen LogP contribution in [0.25, 0.3) is 6.08 Å². The molecule has 0 aromatic heterocycles. The largest absolute Gasteiger partial charge is 0.524 e. The number of rotatable bonds is 12. The number of phosphoric acid groups is 1. The quantitative estimate of drug-likeness (QED) is 0.0683. The van der Waals surface area contributed by atoms with Crippen molar-refractivity contribution in [1.29, 1.82) is 0 Å². The summed E-state index contributed by atoms with van der Waals surface area (Å²) >= 11 is 6.32. The van der Waals surface area contributed by atoms with Gasteiger partial charge in [0.2, 0.25) is 5.78 Å². The number of Topliss-reactive ketones (excluding diaryl/α,β-unsaturated/α-hetero) is 2. The number of morpholine rings is 1. The summed E-state index contributed by atoms with van der Waals surface area (Å²) in [5.41, 5.74) is -2.15. The lowest BCUT2D eigenvalue weighted by Gasteiger charge is -2.59. The molecule has 7 aliphatic rings. The van der Waals surface area contributed by atoms with Gasteiger partial charge in [0.25, 0.3) is 0 Å². The first-order valence-corrected chi connectivity index (χ1v) is 23.4. The molecule has 2 aromatic carbocycles. The van der Waals surface area contributed by atoms with Crippen LogP contribution in [0, 0.1) is 11.8 Å². The number of fused-ring (bicyclic) bond motifs is 2. The highest BCUT2D eigenvalue weighted by molar-refractivity contribution is 7.46. The molecule has 1 saturated carbocycles. The van der Waals surface area contributed by atoms with Crippen LogP contribution in [0.5, 0.6) is 23.0 Å². The average molecular weight is 904 g/mol. The van der Waals surface area contributed by atoms with Crippen LogP contribution in [0.3, 0.4) is 0 Å². The van der Waals surface area contributed by atoms with Crippen LogP contribution in [0.4, 0.5) is 0 Å². The number of ether oxygens (including phenoxy) is 5. The van der Waals surface area contributed by atoms with E-state index < -0.39 is 53.8 Å². The lowest BCUT2D eigenvalue weighted by atomic mass is 9.49.